The summed E-state index contributed by atoms with van der Waals surface area (Å²) < 4.78 is 24.3. The minimum atomic E-state index is -3.05. The highest BCUT2D eigenvalue weighted by Gasteiger charge is 2.49. The average Bonchev–Trinajstić information content (AvgIpc) is 3.03. The number of para-hydroxylation sites is 1. The Morgan fingerprint density at radius 3 is 2.73 bits per heavy atom. The number of nitrogens with zero attached hydrogens (tertiary/aromatic N) is 2. The number of thioether (sulfide) groups is 1. The maximum Gasteiger partial charge on any atom is 0.248 e. The topological polar surface area (TPSA) is 66.8 Å². The summed E-state index contributed by atoms with van der Waals surface area (Å²) in [6, 6.07) is 7.88. The molecule has 142 valence electrons. The third-order valence-corrected chi connectivity index (χ3v) is 8.06. The summed E-state index contributed by atoms with van der Waals surface area (Å²) in [7, 11) is -3.05. The number of benzene rings is 1. The van der Waals surface area contributed by atoms with Gasteiger partial charge in [0.2, 0.25) is 5.91 Å². The highest BCUT2D eigenvalue weighted by molar-refractivity contribution is 8.16. The minimum Gasteiger partial charge on any atom is -0.315 e. The van der Waals surface area contributed by atoms with Crippen molar-refractivity contribution >= 4 is 38.4 Å². The number of aliphatic imine (C=N–C) groups is 1. The van der Waals surface area contributed by atoms with Crippen molar-refractivity contribution in [2.24, 2.45) is 4.99 Å². The van der Waals surface area contributed by atoms with Crippen LogP contribution in [-0.4, -0.2) is 42.3 Å². The smallest absolute Gasteiger partial charge is 0.248 e. The van der Waals surface area contributed by atoms with Crippen LogP contribution in [0, 0.1) is 0 Å². The Morgan fingerprint density at radius 2 is 2.04 bits per heavy atom. The molecule has 2 saturated heterocycles. The van der Waals surface area contributed by atoms with E-state index < -0.39 is 9.84 Å². The zero-order chi connectivity index (χ0) is 18.9. The van der Waals surface area contributed by atoms with Crippen LogP contribution < -0.4 is 4.90 Å². The zero-order valence-electron chi connectivity index (χ0n) is 15.5. The Morgan fingerprint density at radius 1 is 1.31 bits per heavy atom. The van der Waals surface area contributed by atoms with E-state index in [9.17, 15) is 13.2 Å². The molecule has 2 fully saturated rings. The number of anilines is 1. The molecular formula is C19H26N2O3S2. The van der Waals surface area contributed by atoms with Crippen LogP contribution in [0.1, 0.15) is 51.5 Å². The summed E-state index contributed by atoms with van der Waals surface area (Å²) in [6.45, 7) is 6.29. The summed E-state index contributed by atoms with van der Waals surface area (Å²) in [6.07, 6.45) is 2.21. The molecule has 26 heavy (non-hydrogen) atoms. The van der Waals surface area contributed by atoms with Gasteiger partial charge in [-0.2, -0.15) is 4.99 Å². The molecule has 0 aromatic heterocycles. The summed E-state index contributed by atoms with van der Waals surface area (Å²) in [5.41, 5.74) is 2.12. The van der Waals surface area contributed by atoms with Gasteiger partial charge in [-0.05, 0) is 24.0 Å². The maximum atomic E-state index is 12.3. The van der Waals surface area contributed by atoms with Crippen molar-refractivity contribution in [1.82, 2.24) is 0 Å². The molecule has 7 heteroatoms. The van der Waals surface area contributed by atoms with Gasteiger partial charge in [-0.15, -0.1) is 0 Å². The standard InChI is InChI=1S/C19H26N2O3S2/c1-4-5-10-18(22)20-19-21(15-9-7-6-8-14(15)13(2)3)16-11-26(23,24)12-17(16)25-19/h6-9,13,16-17H,4-5,10-12H2,1-3H3/t16-,17+/m0/s1. The van der Waals surface area contributed by atoms with Gasteiger partial charge >= 0.3 is 0 Å². The number of rotatable bonds is 5. The molecule has 0 radical (unpaired) electrons. The summed E-state index contributed by atoms with van der Waals surface area (Å²) >= 11 is 1.44. The lowest BCUT2D eigenvalue weighted by molar-refractivity contribution is -0.117. The van der Waals surface area contributed by atoms with E-state index >= 15 is 0 Å². The predicted molar refractivity (Wildman–Crippen MR) is 109 cm³/mol. The molecular weight excluding hydrogens is 368 g/mol. The fourth-order valence-electron chi connectivity index (χ4n) is 3.53. The van der Waals surface area contributed by atoms with Gasteiger partial charge in [0.25, 0.3) is 0 Å². The van der Waals surface area contributed by atoms with Gasteiger partial charge in [-0.3, -0.25) is 4.79 Å². The quantitative estimate of drug-likeness (QED) is 0.763. The van der Waals surface area contributed by atoms with Gasteiger partial charge in [-0.1, -0.05) is 57.2 Å². The molecule has 3 rings (SSSR count). The second kappa shape index (κ2) is 7.72. The van der Waals surface area contributed by atoms with Gasteiger partial charge in [0, 0.05) is 17.4 Å². The molecule has 1 amide bonds. The third-order valence-electron chi connectivity index (χ3n) is 4.85. The number of unbranched alkanes of at least 4 members (excludes halogenated alkanes) is 1. The second-order valence-corrected chi connectivity index (χ2v) is 10.6. The molecule has 5 nitrogen and oxygen atoms in total. The molecule has 1 aromatic carbocycles. The van der Waals surface area contributed by atoms with Crippen molar-refractivity contribution in [2.75, 3.05) is 16.4 Å². The number of fused-ring (bicyclic) bond motifs is 1. The number of sulfone groups is 1. The van der Waals surface area contributed by atoms with Crippen molar-refractivity contribution < 1.29 is 13.2 Å². The molecule has 0 N–H and O–H groups in total. The van der Waals surface area contributed by atoms with Crippen LogP contribution in [0.15, 0.2) is 29.3 Å². The van der Waals surface area contributed by atoms with Crippen molar-refractivity contribution in [3.8, 4) is 0 Å². The van der Waals surface area contributed by atoms with Gasteiger partial charge in [0.05, 0.1) is 17.5 Å². The molecule has 2 aliphatic rings. The van der Waals surface area contributed by atoms with E-state index in [0.717, 1.165) is 24.1 Å². The van der Waals surface area contributed by atoms with Crippen molar-refractivity contribution in [3.63, 3.8) is 0 Å². The van der Waals surface area contributed by atoms with Crippen LogP contribution in [0.3, 0.4) is 0 Å². The number of amidine groups is 1. The number of carbonyl (C=O) groups is 1. The first-order valence-corrected chi connectivity index (χ1v) is 11.9. The van der Waals surface area contributed by atoms with E-state index in [-0.39, 0.29) is 28.7 Å². The average molecular weight is 395 g/mol. The van der Waals surface area contributed by atoms with E-state index in [0.29, 0.717) is 17.5 Å². The molecule has 0 unspecified atom stereocenters. The molecule has 1 aromatic rings. The Balaban J connectivity index is 2.01. The molecule has 0 saturated carbocycles. The summed E-state index contributed by atoms with van der Waals surface area (Å²) in [5.74, 6) is 0.457. The largest absolute Gasteiger partial charge is 0.315 e. The summed E-state index contributed by atoms with van der Waals surface area (Å²) in [4.78, 5) is 18.6. The monoisotopic (exact) mass is 394 g/mol. The summed E-state index contributed by atoms with van der Waals surface area (Å²) in [5, 5.41) is 0.599. The highest BCUT2D eigenvalue weighted by atomic mass is 32.2. The number of hydrogen-bond acceptors (Lipinski definition) is 4. The minimum absolute atomic E-state index is 0.0575. The van der Waals surface area contributed by atoms with Gasteiger partial charge in [0.1, 0.15) is 0 Å². The lowest BCUT2D eigenvalue weighted by atomic mass is 9.99. The molecule has 2 heterocycles. The fourth-order valence-corrected chi connectivity index (χ4v) is 7.46. The van der Waals surface area contributed by atoms with Crippen LogP contribution in [0.2, 0.25) is 0 Å². The number of amides is 1. The van der Waals surface area contributed by atoms with E-state index in [1.54, 1.807) is 0 Å². The number of hydrogen-bond donors (Lipinski definition) is 0. The van der Waals surface area contributed by atoms with Crippen molar-refractivity contribution in [3.05, 3.63) is 29.8 Å². The molecule has 2 atom stereocenters. The second-order valence-electron chi connectivity index (χ2n) is 7.28. The third kappa shape index (κ3) is 3.98. The van der Waals surface area contributed by atoms with Gasteiger partial charge < -0.3 is 4.90 Å². The normalized spacial score (nSPS) is 25.8. The van der Waals surface area contributed by atoms with Crippen LogP contribution in [0.5, 0.6) is 0 Å². The molecule has 0 bridgehead atoms. The van der Waals surface area contributed by atoms with Gasteiger partial charge in [-0.25, -0.2) is 8.42 Å². The lowest BCUT2D eigenvalue weighted by Gasteiger charge is -2.28. The Kier molecular flexibility index (Phi) is 5.77. The van der Waals surface area contributed by atoms with E-state index in [1.165, 1.54) is 11.8 Å². The van der Waals surface area contributed by atoms with Crippen molar-refractivity contribution in [2.45, 2.75) is 57.2 Å². The zero-order valence-corrected chi connectivity index (χ0v) is 17.1. The van der Waals surface area contributed by atoms with E-state index in [2.05, 4.69) is 24.9 Å². The van der Waals surface area contributed by atoms with Gasteiger partial charge in [0.15, 0.2) is 15.0 Å². The Hall–Kier alpha value is -1.34. The molecule has 0 aliphatic carbocycles. The first-order chi connectivity index (χ1) is 12.3. The molecule has 0 spiro atoms. The lowest BCUT2D eigenvalue weighted by Crippen LogP contribution is -2.38. The number of carbonyl (C=O) groups excluding carboxylic acids is 1. The Bertz CT molecular complexity index is 818. The SMILES string of the molecule is CCCCC(=O)N=C1S[C@@H]2CS(=O)(=O)C[C@@H]2N1c1ccccc1C(C)C. The Labute approximate surface area is 160 Å². The molecule has 2 aliphatic heterocycles. The first-order valence-electron chi connectivity index (χ1n) is 9.19. The van der Waals surface area contributed by atoms with Crippen LogP contribution in [0.4, 0.5) is 5.69 Å². The van der Waals surface area contributed by atoms with Crippen LogP contribution in [-0.2, 0) is 14.6 Å². The van der Waals surface area contributed by atoms with Crippen LogP contribution >= 0.6 is 11.8 Å². The predicted octanol–water partition coefficient (Wildman–Crippen LogP) is 3.60. The first kappa shape index (κ1) is 19.4. The van der Waals surface area contributed by atoms with Crippen molar-refractivity contribution in [1.29, 1.82) is 0 Å². The maximum absolute atomic E-state index is 12.3. The van der Waals surface area contributed by atoms with Crippen LogP contribution in [0.25, 0.3) is 0 Å². The van der Waals surface area contributed by atoms with E-state index in [1.807, 2.05) is 30.0 Å². The van der Waals surface area contributed by atoms with E-state index in [4.69, 9.17) is 0 Å². The highest BCUT2D eigenvalue weighted by Crippen LogP contribution is 2.43. The fraction of sp³-hybridized carbons (Fsp3) is 0.579.